The number of benzene rings is 7. The Morgan fingerprint density at radius 1 is 0.259 bits per heavy atom. The van der Waals surface area contributed by atoms with Crippen LogP contribution in [0.4, 0.5) is 65.9 Å². The van der Waals surface area contributed by atoms with Gasteiger partial charge in [0.25, 0.3) is 0 Å². The van der Waals surface area contributed by atoms with Crippen molar-refractivity contribution in [3.63, 3.8) is 0 Å². The molecule has 7 rings (SSSR count). The van der Waals surface area contributed by atoms with E-state index in [0.717, 1.165) is 0 Å². The van der Waals surface area contributed by atoms with Gasteiger partial charge in [0.15, 0.2) is 52.4 Å². The van der Waals surface area contributed by atoms with Crippen LogP contribution in [0.15, 0.2) is 103 Å². The van der Waals surface area contributed by atoms with E-state index in [-0.39, 0.29) is 33.4 Å². The summed E-state index contributed by atoms with van der Waals surface area (Å²) in [7, 11) is 0. The molecule has 0 fully saturated rings. The van der Waals surface area contributed by atoms with E-state index >= 15 is 52.7 Å². The van der Waals surface area contributed by atoms with Gasteiger partial charge in [-0.1, -0.05) is 103 Å². The van der Waals surface area contributed by atoms with Crippen LogP contribution in [0.1, 0.15) is 0 Å². The predicted octanol–water partition coefficient (Wildman–Crippen LogP) is 10.2. The molecule has 0 saturated heterocycles. The van der Waals surface area contributed by atoms with Crippen molar-refractivity contribution >= 4 is 28.0 Å². The third-order valence-corrected chi connectivity index (χ3v) is 9.92. The smallest absolute Gasteiger partial charge is 0.200 e. The highest BCUT2D eigenvalue weighted by Crippen LogP contribution is 2.41. The average molecular weight is 817 g/mol. The van der Waals surface area contributed by atoms with E-state index in [4.69, 9.17) is 0 Å². The first kappa shape index (κ1) is 39.8. The summed E-state index contributed by atoms with van der Waals surface area (Å²) in [5.41, 5.74) is -9.67. The molecule has 0 atom stereocenters. The molecule has 58 heavy (non-hydrogen) atoms. The molecule has 0 saturated carbocycles. The Bertz CT molecular complexity index is 2460. The maximum Gasteiger partial charge on any atom is 0.200 e. The highest BCUT2D eigenvalue weighted by molar-refractivity contribution is 7.20. The molecule has 0 heterocycles. The topological polar surface area (TPSA) is 0 Å². The lowest BCUT2D eigenvalue weighted by Crippen LogP contribution is -2.79. The molecular formula is C42H17BF15-. The van der Waals surface area contributed by atoms with Crippen LogP contribution < -0.4 is 21.9 Å². The molecule has 0 aliphatic rings. The van der Waals surface area contributed by atoms with Crippen molar-refractivity contribution in [1.29, 1.82) is 0 Å². The third kappa shape index (κ3) is 5.83. The Hall–Kier alpha value is -6.45. The minimum Gasteiger partial charge on any atom is -0.207 e. The van der Waals surface area contributed by atoms with E-state index in [9.17, 15) is 13.2 Å². The molecule has 0 amide bonds. The van der Waals surface area contributed by atoms with Gasteiger partial charge in [0.05, 0.1) is 0 Å². The summed E-state index contributed by atoms with van der Waals surface area (Å²) in [6.07, 6.45) is -6.04. The monoisotopic (exact) mass is 817 g/mol. The minimum absolute atomic E-state index is 0.0392. The zero-order chi connectivity index (χ0) is 42.0. The van der Waals surface area contributed by atoms with Crippen LogP contribution in [-0.2, 0) is 0 Å². The Labute approximate surface area is 317 Å². The third-order valence-electron chi connectivity index (χ3n) is 9.92. The summed E-state index contributed by atoms with van der Waals surface area (Å²) in [5, 5.41) is 0. The van der Waals surface area contributed by atoms with Gasteiger partial charge in [-0.3, -0.25) is 0 Å². The van der Waals surface area contributed by atoms with Gasteiger partial charge in [-0.05, 0) is 33.4 Å². The fraction of sp³-hybridized carbons (Fsp3) is 0. The Kier molecular flexibility index (Phi) is 10.2. The fourth-order valence-electron chi connectivity index (χ4n) is 7.46. The first-order valence-corrected chi connectivity index (χ1v) is 16.6. The van der Waals surface area contributed by atoms with Crippen molar-refractivity contribution in [1.82, 2.24) is 0 Å². The van der Waals surface area contributed by atoms with Crippen LogP contribution in [0.2, 0.25) is 0 Å². The van der Waals surface area contributed by atoms with Crippen molar-refractivity contribution in [2.75, 3.05) is 0 Å². The van der Waals surface area contributed by atoms with Gasteiger partial charge in [0.1, 0.15) is 41.0 Å². The average Bonchev–Trinajstić information content (AvgIpc) is 3.25. The first-order valence-electron chi connectivity index (χ1n) is 16.6. The molecule has 0 unspecified atom stereocenters. The summed E-state index contributed by atoms with van der Waals surface area (Å²) < 4.78 is 235. The molecule has 0 aliphatic carbocycles. The second kappa shape index (κ2) is 14.8. The Morgan fingerprint density at radius 3 is 0.741 bits per heavy atom. The molecule has 7 aromatic carbocycles. The van der Waals surface area contributed by atoms with Crippen LogP contribution in [0.25, 0.3) is 33.4 Å². The van der Waals surface area contributed by atoms with Crippen molar-refractivity contribution in [3.8, 4) is 33.4 Å². The van der Waals surface area contributed by atoms with E-state index in [0.29, 0.717) is 12.1 Å². The molecule has 0 bridgehead atoms. The van der Waals surface area contributed by atoms with E-state index in [1.807, 2.05) is 0 Å². The number of hydrogen-bond donors (Lipinski definition) is 0. The van der Waals surface area contributed by atoms with Crippen molar-refractivity contribution < 1.29 is 65.9 Å². The second-order valence-electron chi connectivity index (χ2n) is 12.9. The molecule has 0 nitrogen and oxygen atoms in total. The summed E-state index contributed by atoms with van der Waals surface area (Å²) in [4.78, 5) is 0. The normalized spacial score (nSPS) is 11.7. The summed E-state index contributed by atoms with van der Waals surface area (Å²) in [5.74, 6) is -45.9. The van der Waals surface area contributed by atoms with Gasteiger partial charge >= 0.3 is 0 Å². The maximum atomic E-state index is 16.5. The standard InChI is InChI=1S/C42H17BF15/c44-28-25(29(45)35(51)40(56)34(28)50)43(26-30(46)36(52)41(57)37(53)31(26)47,27-32(48)38(54)42(58)39(55)33(27)49)21-16-22(18-10-4-1-5-11-18)24(20-14-8-3-9-15-20)23(17-21)19-12-6-2-7-13-19/h1-17H/q-1. The highest BCUT2D eigenvalue weighted by atomic mass is 19.2. The number of rotatable bonds is 7. The van der Waals surface area contributed by atoms with Crippen molar-refractivity contribution in [2.24, 2.45) is 0 Å². The minimum atomic E-state index is -6.04. The second-order valence-corrected chi connectivity index (χ2v) is 12.9. The zero-order valence-corrected chi connectivity index (χ0v) is 28.6. The van der Waals surface area contributed by atoms with Gasteiger partial charge < -0.3 is 0 Å². The van der Waals surface area contributed by atoms with Crippen molar-refractivity contribution in [3.05, 3.63) is 190 Å². The highest BCUT2D eigenvalue weighted by Gasteiger charge is 2.49. The Balaban J connectivity index is 1.91. The van der Waals surface area contributed by atoms with Crippen LogP contribution in [0, 0.1) is 87.3 Å². The SMILES string of the molecule is Fc1c(F)c(F)c([B-](c2cc(-c3ccccc3)c(-c3ccccc3)c(-c3ccccc3)c2)(c2c(F)c(F)c(F)c(F)c2F)c2c(F)c(F)c(F)c(F)c2F)c(F)c1F. The van der Waals surface area contributed by atoms with Gasteiger partial charge in [0, 0.05) is 0 Å². The van der Waals surface area contributed by atoms with Crippen LogP contribution in [-0.4, -0.2) is 6.15 Å². The molecule has 0 aromatic heterocycles. The van der Waals surface area contributed by atoms with Crippen molar-refractivity contribution in [2.45, 2.75) is 0 Å². The molecule has 0 spiro atoms. The number of halogens is 15. The molecule has 7 aromatic rings. The Morgan fingerprint density at radius 2 is 0.483 bits per heavy atom. The summed E-state index contributed by atoms with van der Waals surface area (Å²) in [6.45, 7) is 0. The van der Waals surface area contributed by atoms with E-state index in [1.54, 1.807) is 6.07 Å². The lowest BCUT2D eigenvalue weighted by molar-refractivity contribution is 0.380. The quantitative estimate of drug-likeness (QED) is 0.0651. The summed E-state index contributed by atoms with van der Waals surface area (Å²) in [6, 6.07) is 22.9. The number of hydrogen-bond acceptors (Lipinski definition) is 0. The molecule has 0 N–H and O–H groups in total. The van der Waals surface area contributed by atoms with Crippen LogP contribution in [0.3, 0.4) is 0 Å². The molecule has 294 valence electrons. The van der Waals surface area contributed by atoms with Gasteiger partial charge in [-0.15, -0.1) is 16.4 Å². The maximum absolute atomic E-state index is 16.5. The van der Waals surface area contributed by atoms with Gasteiger partial charge in [0.2, 0.25) is 0 Å². The largest absolute Gasteiger partial charge is 0.207 e. The summed E-state index contributed by atoms with van der Waals surface area (Å²) >= 11 is 0. The predicted molar refractivity (Wildman–Crippen MR) is 186 cm³/mol. The van der Waals surface area contributed by atoms with E-state index < -0.39 is 115 Å². The van der Waals surface area contributed by atoms with Gasteiger partial charge in [-0.2, -0.15) is 5.46 Å². The first-order chi connectivity index (χ1) is 27.6. The molecule has 0 radical (unpaired) electrons. The lowest BCUT2D eigenvalue weighted by atomic mass is 9.12. The lowest BCUT2D eigenvalue weighted by Gasteiger charge is -2.45. The van der Waals surface area contributed by atoms with Crippen LogP contribution in [0.5, 0.6) is 0 Å². The molecule has 16 heteroatoms. The molecular weight excluding hydrogens is 800 g/mol. The fourth-order valence-corrected chi connectivity index (χ4v) is 7.46. The van der Waals surface area contributed by atoms with Crippen LogP contribution >= 0.6 is 0 Å². The molecule has 0 aliphatic heterocycles. The zero-order valence-electron chi connectivity index (χ0n) is 28.6. The van der Waals surface area contributed by atoms with Gasteiger partial charge in [-0.25, -0.2) is 65.9 Å². The van der Waals surface area contributed by atoms with E-state index in [1.165, 1.54) is 84.9 Å². The van der Waals surface area contributed by atoms with E-state index in [2.05, 4.69) is 0 Å².